The van der Waals surface area contributed by atoms with Gasteiger partial charge in [0.25, 0.3) is 0 Å². The van der Waals surface area contributed by atoms with Crippen molar-refractivity contribution in [3.8, 4) is 0 Å². The highest BCUT2D eigenvalue weighted by Gasteiger charge is 2.23. The van der Waals surface area contributed by atoms with Crippen molar-refractivity contribution in [3.63, 3.8) is 0 Å². The molecule has 30 heavy (non-hydrogen) atoms. The van der Waals surface area contributed by atoms with E-state index < -0.39 is 0 Å². The van der Waals surface area contributed by atoms with Crippen LogP contribution in [0.25, 0.3) is 0 Å². The highest BCUT2D eigenvalue weighted by molar-refractivity contribution is 8.01. The number of aromatic nitrogens is 2. The van der Waals surface area contributed by atoms with Gasteiger partial charge in [-0.25, -0.2) is 9.97 Å². The van der Waals surface area contributed by atoms with Gasteiger partial charge in [0.15, 0.2) is 5.13 Å². The summed E-state index contributed by atoms with van der Waals surface area (Å²) in [6, 6.07) is 6.92. The number of nitrogens with one attached hydrogen (secondary N) is 1. The summed E-state index contributed by atoms with van der Waals surface area (Å²) in [6.07, 6.45) is 6.24. The van der Waals surface area contributed by atoms with Crippen molar-refractivity contribution in [1.29, 1.82) is 0 Å². The van der Waals surface area contributed by atoms with Gasteiger partial charge >= 0.3 is 0 Å². The first kappa shape index (κ1) is 22.0. The average Bonchev–Trinajstić information content (AvgIpc) is 3.36. The lowest BCUT2D eigenvalue weighted by Gasteiger charge is -2.13. The molecule has 1 N–H and O–H groups in total. The summed E-state index contributed by atoms with van der Waals surface area (Å²) in [5.74, 6) is 1.25. The van der Waals surface area contributed by atoms with Crippen molar-refractivity contribution >= 4 is 40.4 Å². The average molecular weight is 442 g/mol. The van der Waals surface area contributed by atoms with Crippen LogP contribution in [-0.4, -0.2) is 22.2 Å². The number of amides is 1. The second-order valence-electron chi connectivity index (χ2n) is 7.66. The molecular weight excluding hydrogens is 418 g/mol. The molecule has 2 heterocycles. The minimum absolute atomic E-state index is 0.114. The molecule has 1 aromatic carbocycles. The number of rotatable bonds is 8. The minimum Gasteiger partial charge on any atom is -0.444 e. The van der Waals surface area contributed by atoms with Crippen LogP contribution >= 0.6 is 23.1 Å². The van der Waals surface area contributed by atoms with E-state index in [1.807, 2.05) is 0 Å². The molecule has 0 saturated heterocycles. The lowest BCUT2D eigenvalue weighted by Crippen LogP contribution is -2.14. The van der Waals surface area contributed by atoms with Gasteiger partial charge in [-0.05, 0) is 5.56 Å². The maximum absolute atomic E-state index is 12.3. The highest BCUT2D eigenvalue weighted by atomic mass is 32.2. The lowest BCUT2D eigenvalue weighted by molar-refractivity contribution is -0.115. The van der Waals surface area contributed by atoms with Crippen LogP contribution in [-0.2, 0) is 16.6 Å². The molecule has 6 nitrogen and oxygen atoms in total. The molecule has 8 heteroatoms. The van der Waals surface area contributed by atoms with Gasteiger partial charge in [0.05, 0.1) is 23.0 Å². The van der Waals surface area contributed by atoms with Gasteiger partial charge in [0.2, 0.25) is 11.8 Å². The molecule has 0 bridgehead atoms. The zero-order chi connectivity index (χ0) is 21.7. The maximum atomic E-state index is 12.3. The zero-order valence-electron chi connectivity index (χ0n) is 17.0. The highest BCUT2D eigenvalue weighted by Crippen LogP contribution is 2.40. The third-order valence-corrected chi connectivity index (χ3v) is 6.41. The number of oxazole rings is 1. The number of carbonyl (C=O) groups is 2. The van der Waals surface area contributed by atoms with Crippen LogP contribution in [0.4, 0.5) is 5.13 Å². The Labute approximate surface area is 183 Å². The van der Waals surface area contributed by atoms with Crippen molar-refractivity contribution in [2.75, 3.05) is 5.32 Å². The Bertz CT molecular complexity index is 1030. The number of hydrogen-bond acceptors (Lipinski definition) is 7. The number of thioether (sulfide) groups is 1. The van der Waals surface area contributed by atoms with Gasteiger partial charge in [-0.3, -0.25) is 9.59 Å². The van der Waals surface area contributed by atoms with E-state index in [2.05, 4.69) is 42.6 Å². The number of hydrogen-bond donors (Lipinski definition) is 1. The predicted octanol–water partition coefficient (Wildman–Crippen LogP) is 5.44. The molecular formula is C22H23N3O3S2. The Balaban J connectivity index is 1.60. The molecule has 0 aliphatic carbocycles. The SMILES string of the molecule is C=CC(Sc1cnc(NC(=O)Cc2ccc(C=O)cc2)s1)c1ncc(C(C)(C)C)o1. The summed E-state index contributed by atoms with van der Waals surface area (Å²) in [7, 11) is 0. The fourth-order valence-electron chi connectivity index (χ4n) is 2.52. The molecule has 0 aliphatic rings. The third-order valence-electron chi connectivity index (χ3n) is 4.17. The van der Waals surface area contributed by atoms with E-state index in [0.29, 0.717) is 16.6 Å². The Morgan fingerprint density at radius 1 is 1.27 bits per heavy atom. The van der Waals surface area contributed by atoms with Crippen molar-refractivity contribution in [2.45, 2.75) is 42.1 Å². The third kappa shape index (κ3) is 5.67. The molecule has 1 atom stereocenters. The summed E-state index contributed by atoms with van der Waals surface area (Å²) in [5, 5.41) is 3.19. The van der Waals surface area contributed by atoms with Crippen molar-refractivity contribution in [1.82, 2.24) is 9.97 Å². The fraction of sp³-hybridized carbons (Fsp3) is 0.273. The first-order valence-corrected chi connectivity index (χ1v) is 11.0. The van der Waals surface area contributed by atoms with Gasteiger partial charge in [-0.1, -0.05) is 74.2 Å². The van der Waals surface area contributed by atoms with E-state index in [1.165, 1.54) is 23.1 Å². The molecule has 2 aromatic heterocycles. The van der Waals surface area contributed by atoms with E-state index in [-0.39, 0.29) is 23.0 Å². The number of aldehydes is 1. The van der Waals surface area contributed by atoms with Crippen LogP contribution in [0.2, 0.25) is 0 Å². The largest absolute Gasteiger partial charge is 0.444 e. The fourth-order valence-corrected chi connectivity index (χ4v) is 4.50. The minimum atomic E-state index is -0.164. The normalized spacial score (nSPS) is 12.4. The van der Waals surface area contributed by atoms with E-state index in [9.17, 15) is 9.59 Å². The smallest absolute Gasteiger partial charge is 0.230 e. The number of benzene rings is 1. The van der Waals surface area contributed by atoms with Crippen LogP contribution in [0.1, 0.15) is 53.6 Å². The predicted molar refractivity (Wildman–Crippen MR) is 120 cm³/mol. The Kier molecular flexibility index (Phi) is 6.89. The van der Waals surface area contributed by atoms with Crippen LogP contribution in [0.5, 0.6) is 0 Å². The summed E-state index contributed by atoms with van der Waals surface area (Å²) in [6.45, 7) is 10.1. The molecule has 0 spiro atoms. The molecule has 1 amide bonds. The van der Waals surface area contributed by atoms with Gasteiger partial charge in [-0.15, -0.1) is 6.58 Å². The molecule has 0 saturated carbocycles. The van der Waals surface area contributed by atoms with E-state index in [4.69, 9.17) is 4.42 Å². The van der Waals surface area contributed by atoms with Crippen LogP contribution in [0.15, 0.2) is 57.9 Å². The first-order valence-electron chi connectivity index (χ1n) is 9.33. The van der Waals surface area contributed by atoms with Crippen molar-refractivity contribution in [3.05, 3.63) is 72.1 Å². The molecule has 3 aromatic rings. The van der Waals surface area contributed by atoms with Crippen LogP contribution in [0, 0.1) is 0 Å². The first-order chi connectivity index (χ1) is 14.3. The topological polar surface area (TPSA) is 85.1 Å². The lowest BCUT2D eigenvalue weighted by atomic mass is 9.94. The molecule has 0 radical (unpaired) electrons. The standard InChI is InChI=1S/C22H23N3O3S2/c1-5-16(20-23-11-17(28-20)22(2,3)4)29-19-12-24-21(30-19)25-18(27)10-14-6-8-15(13-26)9-7-14/h5-9,11-13,16H,1,10H2,2-4H3,(H,24,25,27). The number of thiazole rings is 1. The van der Waals surface area contributed by atoms with E-state index in [1.54, 1.807) is 42.7 Å². The Morgan fingerprint density at radius 2 is 2.00 bits per heavy atom. The van der Waals surface area contributed by atoms with E-state index in [0.717, 1.165) is 21.8 Å². The monoisotopic (exact) mass is 441 g/mol. The van der Waals surface area contributed by atoms with Gasteiger partial charge in [-0.2, -0.15) is 0 Å². The van der Waals surface area contributed by atoms with Crippen LogP contribution < -0.4 is 5.32 Å². The molecule has 0 fully saturated rings. The Morgan fingerprint density at radius 3 is 2.60 bits per heavy atom. The second-order valence-corrected chi connectivity index (χ2v) is 10.1. The van der Waals surface area contributed by atoms with Crippen LogP contribution in [0.3, 0.4) is 0 Å². The van der Waals surface area contributed by atoms with Gasteiger partial charge < -0.3 is 9.73 Å². The van der Waals surface area contributed by atoms with Crippen molar-refractivity contribution in [2.24, 2.45) is 0 Å². The number of nitrogens with zero attached hydrogens (tertiary/aromatic N) is 2. The number of carbonyl (C=O) groups excluding carboxylic acids is 2. The summed E-state index contributed by atoms with van der Waals surface area (Å²) in [4.78, 5) is 31.7. The molecule has 3 rings (SSSR count). The summed E-state index contributed by atoms with van der Waals surface area (Å²) < 4.78 is 6.83. The number of anilines is 1. The van der Waals surface area contributed by atoms with E-state index >= 15 is 0 Å². The van der Waals surface area contributed by atoms with Gasteiger partial charge in [0.1, 0.15) is 17.3 Å². The quantitative estimate of drug-likeness (QED) is 0.285. The molecule has 0 aliphatic heterocycles. The summed E-state index contributed by atoms with van der Waals surface area (Å²) >= 11 is 2.90. The second kappa shape index (κ2) is 9.40. The Hall–Kier alpha value is -2.71. The van der Waals surface area contributed by atoms with Crippen molar-refractivity contribution < 1.29 is 14.0 Å². The molecule has 156 valence electrons. The summed E-state index contributed by atoms with van der Waals surface area (Å²) in [5.41, 5.74) is 1.30. The maximum Gasteiger partial charge on any atom is 0.230 e. The van der Waals surface area contributed by atoms with Gasteiger partial charge in [0, 0.05) is 11.0 Å². The zero-order valence-corrected chi connectivity index (χ0v) is 18.7. The molecule has 1 unspecified atom stereocenters.